The van der Waals surface area contributed by atoms with Crippen molar-refractivity contribution in [3.63, 3.8) is 0 Å². The maximum atomic E-state index is 5.92. The van der Waals surface area contributed by atoms with E-state index in [-0.39, 0.29) is 0 Å². The van der Waals surface area contributed by atoms with Crippen LogP contribution in [0.25, 0.3) is 6.08 Å². The van der Waals surface area contributed by atoms with Crippen LogP contribution < -0.4 is 14.4 Å². The summed E-state index contributed by atoms with van der Waals surface area (Å²) in [7, 11) is 1.69. The summed E-state index contributed by atoms with van der Waals surface area (Å²) in [5.41, 5.74) is 4.37. The molecule has 0 amide bonds. The van der Waals surface area contributed by atoms with E-state index >= 15 is 0 Å². The molecule has 0 aliphatic carbocycles. The van der Waals surface area contributed by atoms with Crippen molar-refractivity contribution in [1.82, 2.24) is 14.9 Å². The van der Waals surface area contributed by atoms with Crippen LogP contribution >= 0.6 is 0 Å². The monoisotopic (exact) mass is 366 g/mol. The molecule has 0 saturated carbocycles. The van der Waals surface area contributed by atoms with Crippen LogP contribution in [0.2, 0.25) is 0 Å². The van der Waals surface area contributed by atoms with E-state index in [1.165, 1.54) is 5.57 Å². The van der Waals surface area contributed by atoms with E-state index in [1.807, 2.05) is 38.2 Å². The Kier molecular flexibility index (Phi) is 4.99. The topological polar surface area (TPSA) is 50.7 Å². The lowest BCUT2D eigenvalue weighted by molar-refractivity contribution is 0.259. The van der Waals surface area contributed by atoms with Gasteiger partial charge in [-0.3, -0.25) is 9.88 Å². The molecular formula is C21H26N4O2. The standard InChI is InChI=1S/C21H26N4O2/c1-15-12-22-16(2)21(23-15)25-8-6-24(7-9-25)13-17-10-18-11-19(26-3)4-5-20(18)27-14-17/h4-5,10-12H,6-9,13-14H2,1-3H3. The third-order valence-corrected chi connectivity index (χ3v) is 5.14. The molecule has 1 aromatic carbocycles. The van der Waals surface area contributed by atoms with Crippen LogP contribution in [0.15, 0.2) is 30.0 Å². The molecule has 4 rings (SSSR count). The number of benzene rings is 1. The number of hydrogen-bond acceptors (Lipinski definition) is 6. The first-order valence-corrected chi connectivity index (χ1v) is 9.40. The first kappa shape index (κ1) is 17.8. The van der Waals surface area contributed by atoms with Crippen LogP contribution in [-0.2, 0) is 0 Å². The molecule has 6 nitrogen and oxygen atoms in total. The Morgan fingerprint density at radius 3 is 2.74 bits per heavy atom. The number of hydrogen-bond donors (Lipinski definition) is 0. The lowest BCUT2D eigenvalue weighted by atomic mass is 10.1. The summed E-state index contributed by atoms with van der Waals surface area (Å²) in [4.78, 5) is 14.0. The molecule has 1 aromatic heterocycles. The van der Waals surface area contributed by atoms with Gasteiger partial charge in [0.15, 0.2) is 0 Å². The maximum Gasteiger partial charge on any atom is 0.150 e. The van der Waals surface area contributed by atoms with Gasteiger partial charge in [-0.05, 0) is 43.7 Å². The average molecular weight is 366 g/mol. The molecule has 142 valence electrons. The zero-order valence-electron chi connectivity index (χ0n) is 16.2. The van der Waals surface area contributed by atoms with Crippen LogP contribution in [-0.4, -0.2) is 61.3 Å². The van der Waals surface area contributed by atoms with Crippen LogP contribution in [0, 0.1) is 13.8 Å². The average Bonchev–Trinajstić information content (AvgIpc) is 2.70. The van der Waals surface area contributed by atoms with E-state index in [2.05, 4.69) is 25.8 Å². The minimum absolute atomic E-state index is 0.655. The van der Waals surface area contributed by atoms with Gasteiger partial charge in [-0.15, -0.1) is 0 Å². The predicted molar refractivity (Wildman–Crippen MR) is 107 cm³/mol. The largest absolute Gasteiger partial charge is 0.497 e. The Morgan fingerprint density at radius 1 is 1.15 bits per heavy atom. The first-order valence-electron chi connectivity index (χ1n) is 9.40. The summed E-state index contributed by atoms with van der Waals surface area (Å²) in [5.74, 6) is 2.81. The Bertz CT molecular complexity index is 857. The normalized spacial score (nSPS) is 17.1. The lowest BCUT2D eigenvalue weighted by Crippen LogP contribution is -2.47. The molecule has 1 fully saturated rings. The van der Waals surface area contributed by atoms with Crippen molar-refractivity contribution in [2.75, 3.05) is 51.3 Å². The summed E-state index contributed by atoms with van der Waals surface area (Å²) in [5, 5.41) is 0. The second-order valence-corrected chi connectivity index (χ2v) is 7.18. The minimum Gasteiger partial charge on any atom is -0.497 e. The molecule has 0 spiro atoms. The number of nitrogens with zero attached hydrogens (tertiary/aromatic N) is 4. The fourth-order valence-electron chi connectivity index (χ4n) is 3.65. The number of ether oxygens (including phenoxy) is 2. The molecule has 0 N–H and O–H groups in total. The zero-order valence-corrected chi connectivity index (χ0v) is 16.2. The maximum absolute atomic E-state index is 5.92. The third-order valence-electron chi connectivity index (χ3n) is 5.14. The van der Waals surface area contributed by atoms with E-state index in [0.717, 1.165) is 67.0 Å². The van der Waals surface area contributed by atoms with E-state index < -0.39 is 0 Å². The minimum atomic E-state index is 0.655. The summed E-state index contributed by atoms with van der Waals surface area (Å²) in [6, 6.07) is 5.95. The molecule has 3 heterocycles. The van der Waals surface area contributed by atoms with Crippen LogP contribution in [0.3, 0.4) is 0 Å². The van der Waals surface area contributed by atoms with E-state index in [4.69, 9.17) is 9.47 Å². The smallest absolute Gasteiger partial charge is 0.150 e. The fourth-order valence-corrected chi connectivity index (χ4v) is 3.65. The number of aryl methyl sites for hydroxylation is 2. The number of fused-ring (bicyclic) bond motifs is 1. The fraction of sp³-hybridized carbons (Fsp3) is 0.429. The van der Waals surface area contributed by atoms with Crippen LogP contribution in [0.4, 0.5) is 5.82 Å². The molecule has 27 heavy (non-hydrogen) atoms. The summed E-state index contributed by atoms with van der Waals surface area (Å²) >= 11 is 0. The van der Waals surface area contributed by atoms with Crippen LogP contribution in [0.1, 0.15) is 17.0 Å². The number of aromatic nitrogens is 2. The molecule has 0 radical (unpaired) electrons. The highest BCUT2D eigenvalue weighted by atomic mass is 16.5. The van der Waals surface area contributed by atoms with Gasteiger partial charge in [0.05, 0.1) is 18.5 Å². The Balaban J connectivity index is 1.39. The predicted octanol–water partition coefficient (Wildman–Crippen LogP) is 2.70. The highest BCUT2D eigenvalue weighted by Gasteiger charge is 2.22. The molecule has 0 unspecified atom stereocenters. The van der Waals surface area contributed by atoms with Crippen molar-refractivity contribution in [3.8, 4) is 11.5 Å². The van der Waals surface area contributed by atoms with Gasteiger partial charge in [0, 0.05) is 44.5 Å². The van der Waals surface area contributed by atoms with E-state index in [1.54, 1.807) is 7.11 Å². The van der Waals surface area contributed by atoms with Gasteiger partial charge < -0.3 is 14.4 Å². The Hall–Kier alpha value is -2.60. The quantitative estimate of drug-likeness (QED) is 0.829. The van der Waals surface area contributed by atoms with E-state index in [0.29, 0.717) is 6.61 Å². The lowest BCUT2D eigenvalue weighted by Gasteiger charge is -2.36. The van der Waals surface area contributed by atoms with Crippen molar-refractivity contribution in [2.24, 2.45) is 0 Å². The zero-order chi connectivity index (χ0) is 18.8. The van der Waals surface area contributed by atoms with Gasteiger partial charge in [0.1, 0.15) is 23.9 Å². The van der Waals surface area contributed by atoms with Crippen molar-refractivity contribution in [3.05, 3.63) is 46.9 Å². The highest BCUT2D eigenvalue weighted by molar-refractivity contribution is 5.64. The van der Waals surface area contributed by atoms with Gasteiger partial charge in [-0.2, -0.15) is 0 Å². The molecule has 6 heteroatoms. The summed E-state index contributed by atoms with van der Waals surface area (Å²) < 4.78 is 11.2. The molecule has 2 aliphatic rings. The first-order chi connectivity index (χ1) is 13.1. The van der Waals surface area contributed by atoms with E-state index in [9.17, 15) is 0 Å². The highest BCUT2D eigenvalue weighted by Crippen LogP contribution is 2.30. The second-order valence-electron chi connectivity index (χ2n) is 7.18. The van der Waals surface area contributed by atoms with Gasteiger partial charge in [-0.1, -0.05) is 0 Å². The van der Waals surface area contributed by atoms with Crippen molar-refractivity contribution in [1.29, 1.82) is 0 Å². The number of methoxy groups -OCH3 is 1. The Morgan fingerprint density at radius 2 is 1.96 bits per heavy atom. The van der Waals surface area contributed by atoms with Gasteiger partial charge in [0.2, 0.25) is 0 Å². The van der Waals surface area contributed by atoms with Gasteiger partial charge in [-0.25, -0.2) is 4.98 Å². The second kappa shape index (κ2) is 7.56. The van der Waals surface area contributed by atoms with Crippen LogP contribution in [0.5, 0.6) is 11.5 Å². The van der Waals surface area contributed by atoms with Crippen molar-refractivity contribution < 1.29 is 9.47 Å². The molecule has 2 aliphatic heterocycles. The third kappa shape index (κ3) is 3.90. The number of rotatable bonds is 4. The molecular weight excluding hydrogens is 340 g/mol. The number of anilines is 1. The molecule has 1 saturated heterocycles. The number of piperazine rings is 1. The SMILES string of the molecule is COc1ccc2c(c1)C=C(CN1CCN(c3nc(C)cnc3C)CC1)CO2. The van der Waals surface area contributed by atoms with Crippen molar-refractivity contribution >= 4 is 11.9 Å². The molecule has 2 aromatic rings. The van der Waals surface area contributed by atoms with Crippen molar-refractivity contribution in [2.45, 2.75) is 13.8 Å². The molecule has 0 atom stereocenters. The molecule has 0 bridgehead atoms. The Labute approximate surface area is 160 Å². The summed E-state index contributed by atoms with van der Waals surface area (Å²) in [6.45, 7) is 9.58. The van der Waals surface area contributed by atoms with Gasteiger partial charge in [0.25, 0.3) is 0 Å². The van der Waals surface area contributed by atoms with Gasteiger partial charge >= 0.3 is 0 Å². The summed E-state index contributed by atoms with van der Waals surface area (Å²) in [6.07, 6.45) is 4.07.